The van der Waals surface area contributed by atoms with Crippen LogP contribution < -0.4 is 28.4 Å². The fourth-order valence-electron chi connectivity index (χ4n) is 5.22. The molecule has 1 amide bonds. The van der Waals surface area contributed by atoms with Gasteiger partial charge in [0.2, 0.25) is 18.3 Å². The first-order valence-corrected chi connectivity index (χ1v) is 12.7. The largest absolute Gasteiger partial charge is 0.507 e. The number of aryl methyl sites for hydroxylation is 1. The highest BCUT2D eigenvalue weighted by Crippen LogP contribution is 2.54. The maximum absolute atomic E-state index is 13.6. The summed E-state index contributed by atoms with van der Waals surface area (Å²) in [7, 11) is 2.93. The van der Waals surface area contributed by atoms with Crippen LogP contribution in [-0.2, 0) is 16.1 Å². The van der Waals surface area contributed by atoms with Crippen LogP contribution in [-0.4, -0.2) is 72.0 Å². The normalized spacial score (nSPS) is 18.8. The quantitative estimate of drug-likeness (QED) is 0.254. The molecule has 40 heavy (non-hydrogen) atoms. The first-order chi connectivity index (χ1) is 19.5. The molecule has 3 aliphatic heterocycles. The number of benzene rings is 2. The predicted molar refractivity (Wildman–Crippen MR) is 139 cm³/mol. The van der Waals surface area contributed by atoms with Gasteiger partial charge in [0, 0.05) is 36.6 Å². The minimum absolute atomic E-state index is 0.0478. The van der Waals surface area contributed by atoms with Gasteiger partial charge in [-0.3, -0.25) is 9.59 Å². The minimum Gasteiger partial charge on any atom is -0.507 e. The van der Waals surface area contributed by atoms with Crippen LogP contribution in [0.15, 0.2) is 48.6 Å². The molecule has 12 nitrogen and oxygen atoms in total. The number of amides is 1. The number of carbonyl (C=O) groups is 2. The Morgan fingerprint density at radius 1 is 1.02 bits per heavy atom. The summed E-state index contributed by atoms with van der Waals surface area (Å²) >= 11 is 0. The van der Waals surface area contributed by atoms with Crippen LogP contribution in [0.25, 0.3) is 5.76 Å². The Morgan fingerprint density at radius 3 is 2.58 bits per heavy atom. The molecular weight excluding hydrogens is 522 g/mol. The first kappa shape index (κ1) is 25.4. The van der Waals surface area contributed by atoms with Crippen molar-refractivity contribution in [2.24, 2.45) is 0 Å². The van der Waals surface area contributed by atoms with Gasteiger partial charge < -0.3 is 43.0 Å². The monoisotopic (exact) mass is 549 g/mol. The number of imidazole rings is 1. The number of rotatable bonds is 8. The Hall–Kier alpha value is -4.87. The van der Waals surface area contributed by atoms with Crippen molar-refractivity contribution in [3.63, 3.8) is 0 Å². The van der Waals surface area contributed by atoms with Crippen molar-refractivity contribution in [1.29, 1.82) is 0 Å². The Kier molecular flexibility index (Phi) is 6.58. The van der Waals surface area contributed by atoms with Crippen molar-refractivity contribution in [3.8, 4) is 34.5 Å². The number of aliphatic hydroxyl groups is 1. The van der Waals surface area contributed by atoms with E-state index in [2.05, 4.69) is 4.98 Å². The van der Waals surface area contributed by atoms with E-state index in [-0.39, 0.29) is 30.4 Å². The van der Waals surface area contributed by atoms with E-state index in [9.17, 15) is 14.7 Å². The number of ether oxygens (including phenoxy) is 6. The zero-order chi connectivity index (χ0) is 27.8. The number of ketones is 1. The van der Waals surface area contributed by atoms with Crippen molar-refractivity contribution < 1.29 is 43.1 Å². The molecule has 1 N–H and O–H groups in total. The van der Waals surface area contributed by atoms with Gasteiger partial charge in [0.25, 0.3) is 11.7 Å². The molecule has 3 aliphatic rings. The van der Waals surface area contributed by atoms with Crippen LogP contribution in [0.3, 0.4) is 0 Å². The summed E-state index contributed by atoms with van der Waals surface area (Å²) in [6, 6.07) is 5.50. The summed E-state index contributed by atoms with van der Waals surface area (Å²) in [4.78, 5) is 32.5. The maximum Gasteiger partial charge on any atom is 0.295 e. The Labute approximate surface area is 229 Å². The summed E-state index contributed by atoms with van der Waals surface area (Å²) in [5, 5.41) is 11.6. The number of Topliss-reactive ketones (excluding diaryl/α,β-unsaturated/α-hetero) is 1. The molecule has 1 aromatic heterocycles. The van der Waals surface area contributed by atoms with Crippen LogP contribution in [0.2, 0.25) is 0 Å². The molecule has 3 aromatic rings. The molecule has 0 bridgehead atoms. The van der Waals surface area contributed by atoms with E-state index in [4.69, 9.17) is 28.4 Å². The highest BCUT2D eigenvalue weighted by Gasteiger charge is 2.48. The summed E-state index contributed by atoms with van der Waals surface area (Å²) in [5.74, 6) is 0.306. The number of hydrogen-bond acceptors (Lipinski definition) is 10. The van der Waals surface area contributed by atoms with Gasteiger partial charge in [-0.1, -0.05) is 0 Å². The lowest BCUT2D eigenvalue weighted by Crippen LogP contribution is -2.31. The lowest BCUT2D eigenvalue weighted by molar-refractivity contribution is -0.140. The summed E-state index contributed by atoms with van der Waals surface area (Å²) in [6.45, 7) is 1.50. The fourth-order valence-corrected chi connectivity index (χ4v) is 5.22. The van der Waals surface area contributed by atoms with Gasteiger partial charge in [0.1, 0.15) is 19.0 Å². The summed E-state index contributed by atoms with van der Waals surface area (Å²) in [6.07, 6.45) is 5.69. The van der Waals surface area contributed by atoms with Crippen molar-refractivity contribution >= 4 is 17.4 Å². The minimum atomic E-state index is -1.01. The Morgan fingerprint density at radius 2 is 1.82 bits per heavy atom. The second-order valence-electron chi connectivity index (χ2n) is 9.27. The average Bonchev–Trinajstić information content (AvgIpc) is 3.73. The fraction of sp³-hybridized carbons (Fsp3) is 0.321. The van der Waals surface area contributed by atoms with Crippen molar-refractivity contribution in [2.45, 2.75) is 19.0 Å². The zero-order valence-corrected chi connectivity index (χ0v) is 21.9. The average molecular weight is 550 g/mol. The molecule has 0 aliphatic carbocycles. The number of aromatic nitrogens is 2. The van der Waals surface area contributed by atoms with Crippen LogP contribution in [0.1, 0.15) is 23.6 Å². The van der Waals surface area contributed by atoms with Crippen molar-refractivity contribution in [3.05, 3.63) is 59.7 Å². The van der Waals surface area contributed by atoms with E-state index in [0.29, 0.717) is 66.1 Å². The van der Waals surface area contributed by atoms with Gasteiger partial charge in [0.15, 0.2) is 23.0 Å². The van der Waals surface area contributed by atoms with Gasteiger partial charge >= 0.3 is 0 Å². The van der Waals surface area contributed by atoms with Crippen LogP contribution in [0, 0.1) is 0 Å². The van der Waals surface area contributed by atoms with E-state index in [1.807, 2.05) is 10.8 Å². The molecule has 2 aromatic carbocycles. The predicted octanol–water partition coefficient (Wildman–Crippen LogP) is 2.91. The maximum atomic E-state index is 13.6. The summed E-state index contributed by atoms with van der Waals surface area (Å²) < 4.78 is 35.7. The number of aliphatic hydroxyl groups excluding tert-OH is 1. The third-order valence-corrected chi connectivity index (χ3v) is 7.04. The first-order valence-electron chi connectivity index (χ1n) is 12.7. The molecule has 0 saturated carbocycles. The molecule has 208 valence electrons. The molecule has 4 heterocycles. The second kappa shape index (κ2) is 10.4. The highest BCUT2D eigenvalue weighted by molar-refractivity contribution is 6.46. The Balaban J connectivity index is 1.48. The molecule has 1 fully saturated rings. The van der Waals surface area contributed by atoms with Gasteiger partial charge in [-0.05, 0) is 30.7 Å². The number of fused-ring (bicyclic) bond motifs is 2. The van der Waals surface area contributed by atoms with Gasteiger partial charge in [-0.2, -0.15) is 0 Å². The van der Waals surface area contributed by atoms with Crippen LogP contribution in [0.4, 0.5) is 0 Å². The second-order valence-corrected chi connectivity index (χ2v) is 9.27. The number of nitrogens with zero attached hydrogens (tertiary/aromatic N) is 3. The van der Waals surface area contributed by atoms with Gasteiger partial charge in [-0.15, -0.1) is 0 Å². The molecule has 12 heteroatoms. The van der Waals surface area contributed by atoms with Gasteiger partial charge in [0.05, 0.1) is 32.2 Å². The molecule has 1 saturated heterocycles. The van der Waals surface area contributed by atoms with Crippen molar-refractivity contribution in [2.75, 3.05) is 40.8 Å². The third kappa shape index (κ3) is 4.21. The molecular formula is C28H27N3O9. The van der Waals surface area contributed by atoms with E-state index >= 15 is 0 Å². The molecule has 1 atom stereocenters. The smallest absolute Gasteiger partial charge is 0.295 e. The zero-order valence-electron chi connectivity index (χ0n) is 21.9. The number of carbonyl (C=O) groups excluding carboxylic acids is 2. The van der Waals surface area contributed by atoms with Crippen molar-refractivity contribution in [1.82, 2.24) is 14.5 Å². The number of hydrogen-bond donors (Lipinski definition) is 1. The molecule has 6 rings (SSSR count). The SMILES string of the molecule is COc1cc(C2C(=C(O)c3ccc4c(c3)OCCO4)C(=O)C(=O)N2CCCn2ccnc2)c(OC)c2c1OCO2. The highest BCUT2D eigenvalue weighted by atomic mass is 16.7. The lowest BCUT2D eigenvalue weighted by atomic mass is 9.93. The Bertz CT molecular complexity index is 1500. The molecule has 1 unspecified atom stereocenters. The van der Waals surface area contributed by atoms with E-state index < -0.39 is 17.7 Å². The molecule has 0 spiro atoms. The van der Waals surface area contributed by atoms with Crippen LogP contribution >= 0.6 is 0 Å². The third-order valence-electron chi connectivity index (χ3n) is 7.04. The number of likely N-dealkylation sites (tertiary alicyclic amines) is 1. The topological polar surface area (TPSA) is 131 Å². The standard InChI is InChI=1S/C28H27N3O9/c1-35-20-13-17(25(36-2)27-26(20)39-15-40-27)22-21(23(32)16-4-5-18-19(12-16)38-11-10-37-18)24(33)28(34)31(22)8-3-7-30-9-6-29-14-30/h4-6,9,12-14,22,32H,3,7-8,10-11,15H2,1-2H3. The molecule has 0 radical (unpaired) electrons. The lowest BCUT2D eigenvalue weighted by Gasteiger charge is -2.27. The van der Waals surface area contributed by atoms with E-state index in [0.717, 1.165) is 0 Å². The summed E-state index contributed by atoms with van der Waals surface area (Å²) in [5.41, 5.74) is 0.616. The van der Waals surface area contributed by atoms with Crippen LogP contribution in [0.5, 0.6) is 34.5 Å². The van der Waals surface area contributed by atoms with Gasteiger partial charge in [-0.25, -0.2) is 4.98 Å². The van der Waals surface area contributed by atoms with E-state index in [1.165, 1.54) is 19.1 Å². The number of methoxy groups -OCH3 is 2. The van der Waals surface area contributed by atoms with E-state index in [1.54, 1.807) is 36.8 Å².